The number of rotatable bonds is 8. The van der Waals surface area contributed by atoms with Crippen LogP contribution in [0.5, 0.6) is 11.5 Å². The zero-order valence-electron chi connectivity index (χ0n) is 15.1. The van der Waals surface area contributed by atoms with Gasteiger partial charge in [-0.1, -0.05) is 17.7 Å². The summed E-state index contributed by atoms with van der Waals surface area (Å²) in [6, 6.07) is 7.49. The number of anilines is 1. The second kappa shape index (κ2) is 9.48. The Balaban J connectivity index is 2.04. The van der Waals surface area contributed by atoms with Gasteiger partial charge in [0.2, 0.25) is 5.91 Å². The molecular weight excluding hydrogens is 380 g/mol. The molecule has 0 aliphatic heterocycles. The number of nitrogens with one attached hydrogen (secondary N) is 1. The summed E-state index contributed by atoms with van der Waals surface area (Å²) in [6.07, 6.45) is 1.53. The lowest BCUT2D eigenvalue weighted by molar-refractivity contribution is -0.120. The monoisotopic (exact) mass is 399 g/mol. The van der Waals surface area contributed by atoms with Crippen LogP contribution in [0.3, 0.4) is 0 Å². The molecule has 146 valence electrons. The molecular formula is C18H20ClF2N3O3. The minimum Gasteiger partial charge on any atom is -0.493 e. The van der Waals surface area contributed by atoms with Gasteiger partial charge >= 0.3 is 6.61 Å². The number of alkyl halides is 2. The maximum Gasteiger partial charge on any atom is 0.387 e. The molecule has 6 nitrogen and oxygen atoms in total. The number of methoxy groups -OCH3 is 1. The molecule has 0 spiro atoms. The SMILES string of the molecule is COc1cc(CN(C)C(C)C(=O)Nc2cccnc2Cl)ccc1OC(F)F. The molecule has 0 saturated heterocycles. The van der Waals surface area contributed by atoms with Crippen LogP contribution in [0, 0.1) is 0 Å². The number of hydrogen-bond donors (Lipinski definition) is 1. The molecule has 2 rings (SSSR count). The minimum atomic E-state index is -2.93. The lowest BCUT2D eigenvalue weighted by Crippen LogP contribution is -2.39. The molecule has 1 aromatic heterocycles. The molecule has 0 saturated carbocycles. The van der Waals surface area contributed by atoms with Crippen molar-refractivity contribution in [2.45, 2.75) is 26.1 Å². The van der Waals surface area contributed by atoms with E-state index >= 15 is 0 Å². The predicted octanol–water partition coefficient (Wildman–Crippen LogP) is 3.80. The molecule has 1 amide bonds. The van der Waals surface area contributed by atoms with Gasteiger partial charge in [0.25, 0.3) is 0 Å². The number of halogens is 3. The van der Waals surface area contributed by atoms with Crippen LogP contribution >= 0.6 is 11.6 Å². The Morgan fingerprint density at radius 1 is 1.33 bits per heavy atom. The summed E-state index contributed by atoms with van der Waals surface area (Å²) in [5.74, 6) is -0.103. The topological polar surface area (TPSA) is 63.7 Å². The average Bonchev–Trinajstić information content (AvgIpc) is 2.63. The Labute approximate surface area is 161 Å². The van der Waals surface area contributed by atoms with Crippen molar-refractivity contribution < 1.29 is 23.0 Å². The van der Waals surface area contributed by atoms with E-state index in [1.165, 1.54) is 19.4 Å². The first-order valence-electron chi connectivity index (χ1n) is 8.05. The fourth-order valence-electron chi connectivity index (χ4n) is 2.35. The Morgan fingerprint density at radius 3 is 2.70 bits per heavy atom. The molecule has 2 aromatic rings. The van der Waals surface area contributed by atoms with Crippen molar-refractivity contribution in [3.8, 4) is 11.5 Å². The van der Waals surface area contributed by atoms with Crippen molar-refractivity contribution in [1.82, 2.24) is 9.88 Å². The first-order chi connectivity index (χ1) is 12.8. The van der Waals surface area contributed by atoms with Gasteiger partial charge in [-0.05, 0) is 43.8 Å². The molecule has 1 unspecified atom stereocenters. The predicted molar refractivity (Wildman–Crippen MR) is 98.4 cm³/mol. The van der Waals surface area contributed by atoms with Gasteiger partial charge in [-0.25, -0.2) is 4.98 Å². The molecule has 9 heteroatoms. The summed E-state index contributed by atoms with van der Waals surface area (Å²) in [5, 5.41) is 2.94. The highest BCUT2D eigenvalue weighted by Gasteiger charge is 2.20. The summed E-state index contributed by atoms with van der Waals surface area (Å²) in [4.78, 5) is 18.1. The minimum absolute atomic E-state index is 0.0454. The fourth-order valence-corrected chi connectivity index (χ4v) is 2.51. The lowest BCUT2D eigenvalue weighted by atomic mass is 10.1. The molecule has 27 heavy (non-hydrogen) atoms. The largest absolute Gasteiger partial charge is 0.493 e. The standard InChI is InChI=1S/C18H20ClF2N3O3/c1-11(17(25)23-13-5-4-8-22-16(13)19)24(2)10-12-6-7-14(27-18(20)21)15(9-12)26-3/h4-9,11,18H,10H2,1-3H3,(H,23,25). The van der Waals surface area contributed by atoms with E-state index in [0.717, 1.165) is 5.56 Å². The van der Waals surface area contributed by atoms with Gasteiger partial charge in [0.05, 0.1) is 18.8 Å². The van der Waals surface area contributed by atoms with E-state index in [1.807, 2.05) is 0 Å². The number of hydrogen-bond acceptors (Lipinski definition) is 5. The van der Waals surface area contributed by atoms with Crippen molar-refractivity contribution >= 4 is 23.2 Å². The molecule has 1 N–H and O–H groups in total. The van der Waals surface area contributed by atoms with E-state index in [0.29, 0.717) is 12.2 Å². The Morgan fingerprint density at radius 2 is 2.07 bits per heavy atom. The second-order valence-corrected chi connectivity index (χ2v) is 6.14. The third-order valence-corrected chi connectivity index (χ3v) is 4.23. The highest BCUT2D eigenvalue weighted by atomic mass is 35.5. The normalized spacial score (nSPS) is 12.1. The van der Waals surface area contributed by atoms with E-state index in [4.69, 9.17) is 16.3 Å². The van der Waals surface area contributed by atoms with Crippen molar-refractivity contribution in [2.24, 2.45) is 0 Å². The first-order valence-corrected chi connectivity index (χ1v) is 8.43. The highest BCUT2D eigenvalue weighted by Crippen LogP contribution is 2.30. The van der Waals surface area contributed by atoms with E-state index in [-0.39, 0.29) is 22.6 Å². The van der Waals surface area contributed by atoms with Crippen LogP contribution in [0.15, 0.2) is 36.5 Å². The molecule has 0 fully saturated rings. The number of aromatic nitrogens is 1. The summed E-state index contributed by atoms with van der Waals surface area (Å²) in [6.45, 7) is -0.804. The van der Waals surface area contributed by atoms with E-state index in [2.05, 4.69) is 15.0 Å². The quantitative estimate of drug-likeness (QED) is 0.684. The molecule has 1 aromatic carbocycles. The van der Waals surface area contributed by atoms with Crippen molar-refractivity contribution in [2.75, 3.05) is 19.5 Å². The van der Waals surface area contributed by atoms with Crippen LogP contribution < -0.4 is 14.8 Å². The smallest absolute Gasteiger partial charge is 0.387 e. The second-order valence-electron chi connectivity index (χ2n) is 5.79. The van der Waals surface area contributed by atoms with Crippen molar-refractivity contribution in [3.05, 3.63) is 47.2 Å². The highest BCUT2D eigenvalue weighted by molar-refractivity contribution is 6.32. The van der Waals surface area contributed by atoms with Gasteiger partial charge in [0, 0.05) is 12.7 Å². The first kappa shape index (κ1) is 20.9. The van der Waals surface area contributed by atoms with Gasteiger partial charge in [0.15, 0.2) is 16.7 Å². The lowest BCUT2D eigenvalue weighted by Gasteiger charge is -2.24. The van der Waals surface area contributed by atoms with Crippen molar-refractivity contribution in [3.63, 3.8) is 0 Å². The molecule has 0 bridgehead atoms. The average molecular weight is 400 g/mol. The van der Waals surface area contributed by atoms with Gasteiger partial charge in [-0.2, -0.15) is 8.78 Å². The number of carbonyl (C=O) groups is 1. The fraction of sp³-hybridized carbons (Fsp3) is 0.333. The van der Waals surface area contributed by atoms with E-state index in [9.17, 15) is 13.6 Å². The Kier molecular flexibility index (Phi) is 7.32. The summed E-state index contributed by atoms with van der Waals surface area (Å²) >= 11 is 5.95. The zero-order chi connectivity index (χ0) is 20.0. The number of ether oxygens (including phenoxy) is 2. The van der Waals surface area contributed by atoms with E-state index in [1.54, 1.807) is 43.1 Å². The van der Waals surface area contributed by atoms with Gasteiger partial charge in [-0.15, -0.1) is 0 Å². The number of benzene rings is 1. The molecule has 1 atom stereocenters. The number of pyridine rings is 1. The van der Waals surface area contributed by atoms with E-state index < -0.39 is 12.7 Å². The van der Waals surface area contributed by atoms with Crippen LogP contribution in [0.2, 0.25) is 5.15 Å². The third kappa shape index (κ3) is 5.77. The Hall–Kier alpha value is -2.45. The third-order valence-electron chi connectivity index (χ3n) is 3.93. The summed E-state index contributed by atoms with van der Waals surface area (Å²) in [7, 11) is 3.14. The summed E-state index contributed by atoms with van der Waals surface area (Å²) < 4.78 is 34.3. The number of nitrogens with zero attached hydrogens (tertiary/aromatic N) is 2. The van der Waals surface area contributed by atoms with Crippen LogP contribution in [-0.4, -0.2) is 42.6 Å². The maximum atomic E-state index is 12.4. The van der Waals surface area contributed by atoms with Crippen LogP contribution in [-0.2, 0) is 11.3 Å². The molecule has 0 aliphatic carbocycles. The molecule has 0 radical (unpaired) electrons. The number of likely N-dealkylation sites (N-methyl/N-ethyl adjacent to an activating group) is 1. The summed E-state index contributed by atoms with van der Waals surface area (Å²) in [5.41, 5.74) is 1.20. The Bertz CT molecular complexity index is 792. The van der Waals surface area contributed by atoms with Crippen molar-refractivity contribution in [1.29, 1.82) is 0 Å². The maximum absolute atomic E-state index is 12.4. The van der Waals surface area contributed by atoms with Crippen LogP contribution in [0.25, 0.3) is 0 Å². The van der Waals surface area contributed by atoms with Crippen LogP contribution in [0.1, 0.15) is 12.5 Å². The van der Waals surface area contributed by atoms with Gasteiger partial charge in [-0.3, -0.25) is 9.69 Å². The number of carbonyl (C=O) groups excluding carboxylic acids is 1. The molecule has 0 aliphatic rings. The molecule has 1 heterocycles. The van der Waals surface area contributed by atoms with Gasteiger partial charge < -0.3 is 14.8 Å². The van der Waals surface area contributed by atoms with Gasteiger partial charge in [0.1, 0.15) is 0 Å². The number of amides is 1. The van der Waals surface area contributed by atoms with Crippen LogP contribution in [0.4, 0.5) is 14.5 Å². The zero-order valence-corrected chi connectivity index (χ0v) is 15.8.